The summed E-state index contributed by atoms with van der Waals surface area (Å²) < 4.78 is 13.6. The summed E-state index contributed by atoms with van der Waals surface area (Å²) in [5, 5.41) is 5.20. The second-order valence-electron chi connectivity index (χ2n) is 5.64. The van der Waals surface area contributed by atoms with E-state index in [2.05, 4.69) is 21.6 Å². The van der Waals surface area contributed by atoms with Crippen molar-refractivity contribution in [1.82, 2.24) is 10.4 Å². The quantitative estimate of drug-likeness (QED) is 0.497. The maximum Gasteiger partial charge on any atom is 0.240 e. The number of hydrogen-bond acceptors (Lipinski definition) is 2. The predicted molar refractivity (Wildman–Crippen MR) is 98.4 cm³/mol. The average Bonchev–Trinajstić information content (AvgIpc) is 3.01. The maximum absolute atomic E-state index is 13.6. The third kappa shape index (κ3) is 4.25. The van der Waals surface area contributed by atoms with Gasteiger partial charge in [0.25, 0.3) is 0 Å². The zero-order chi connectivity index (χ0) is 17.6. The molecule has 128 valence electrons. The summed E-state index contributed by atoms with van der Waals surface area (Å²) in [5.41, 5.74) is 4.83. The number of benzene rings is 2. The zero-order valence-corrected chi connectivity index (χ0v) is 14.2. The van der Waals surface area contributed by atoms with Crippen LogP contribution in [-0.2, 0) is 11.2 Å². The predicted octanol–water partition coefficient (Wildman–Crippen LogP) is 4.43. The van der Waals surface area contributed by atoms with Gasteiger partial charge in [-0.05, 0) is 36.6 Å². The highest BCUT2D eigenvalue weighted by Crippen LogP contribution is 2.19. The van der Waals surface area contributed by atoms with E-state index < -0.39 is 5.82 Å². The molecule has 2 N–H and O–H groups in total. The minimum atomic E-state index is -0.482. The number of aromatic amines is 1. The largest absolute Gasteiger partial charge is 0.361 e. The van der Waals surface area contributed by atoms with E-state index in [1.54, 1.807) is 6.07 Å². The number of amides is 1. The van der Waals surface area contributed by atoms with Gasteiger partial charge in [-0.15, -0.1) is 0 Å². The van der Waals surface area contributed by atoms with E-state index in [1.807, 2.05) is 24.4 Å². The lowest BCUT2D eigenvalue weighted by atomic mass is 10.1. The molecule has 4 nitrogen and oxygen atoms in total. The normalized spacial score (nSPS) is 11.3. The van der Waals surface area contributed by atoms with Crippen molar-refractivity contribution in [2.24, 2.45) is 5.10 Å². The van der Waals surface area contributed by atoms with Crippen molar-refractivity contribution in [1.29, 1.82) is 0 Å². The second kappa shape index (κ2) is 7.94. The standard InChI is InChI=1S/C19H17ClFN3O/c20-16-7-4-8-17(21)15(16)12-23-24-19(25)10-3-5-13-11-22-18-9-2-1-6-14(13)18/h1-2,4,6-9,11-12,22H,3,5,10H2,(H,24,25)/b23-12-. The summed E-state index contributed by atoms with van der Waals surface area (Å²) in [4.78, 5) is 15.1. The SMILES string of the molecule is O=C(CCCc1c[nH]c2ccccc12)N/N=C\c1c(F)cccc1Cl. The molecule has 1 heterocycles. The molecule has 0 fully saturated rings. The molecule has 0 aliphatic carbocycles. The van der Waals surface area contributed by atoms with Gasteiger partial charge in [0.1, 0.15) is 5.82 Å². The average molecular weight is 358 g/mol. The highest BCUT2D eigenvalue weighted by molar-refractivity contribution is 6.33. The fourth-order valence-electron chi connectivity index (χ4n) is 2.64. The van der Waals surface area contributed by atoms with E-state index in [0.29, 0.717) is 12.8 Å². The molecular weight excluding hydrogens is 341 g/mol. The molecule has 2 aromatic carbocycles. The first-order chi connectivity index (χ1) is 12.1. The van der Waals surface area contributed by atoms with Crippen LogP contribution in [0.3, 0.4) is 0 Å². The molecule has 3 rings (SSSR count). The van der Waals surface area contributed by atoms with Gasteiger partial charge in [-0.1, -0.05) is 35.9 Å². The molecule has 1 amide bonds. The zero-order valence-electron chi connectivity index (χ0n) is 13.4. The Labute approximate surface area is 149 Å². The number of fused-ring (bicyclic) bond motifs is 1. The van der Waals surface area contributed by atoms with Crippen LogP contribution in [0.4, 0.5) is 4.39 Å². The lowest BCUT2D eigenvalue weighted by molar-refractivity contribution is -0.121. The summed E-state index contributed by atoms with van der Waals surface area (Å²) in [6, 6.07) is 12.4. The molecule has 3 aromatic rings. The molecule has 25 heavy (non-hydrogen) atoms. The number of hydrazone groups is 1. The first kappa shape index (κ1) is 17.2. The first-order valence-corrected chi connectivity index (χ1v) is 8.34. The van der Waals surface area contributed by atoms with Gasteiger partial charge < -0.3 is 4.98 Å². The number of para-hydroxylation sites is 1. The van der Waals surface area contributed by atoms with Gasteiger partial charge in [0.05, 0.1) is 11.2 Å². The van der Waals surface area contributed by atoms with Gasteiger partial charge in [-0.2, -0.15) is 5.10 Å². The van der Waals surface area contributed by atoms with Gasteiger partial charge in [0.2, 0.25) is 5.91 Å². The Kier molecular flexibility index (Phi) is 5.46. The van der Waals surface area contributed by atoms with Gasteiger partial charge in [0, 0.05) is 29.1 Å². The second-order valence-corrected chi connectivity index (χ2v) is 6.05. The van der Waals surface area contributed by atoms with Crippen LogP contribution >= 0.6 is 11.6 Å². The number of aryl methyl sites for hydroxylation is 1. The molecule has 0 saturated carbocycles. The number of H-pyrrole nitrogens is 1. The van der Waals surface area contributed by atoms with Crippen LogP contribution in [-0.4, -0.2) is 17.1 Å². The molecule has 0 aliphatic rings. The Morgan fingerprint density at radius 2 is 2.08 bits per heavy atom. The Morgan fingerprint density at radius 1 is 1.24 bits per heavy atom. The molecule has 0 aliphatic heterocycles. The summed E-state index contributed by atoms with van der Waals surface area (Å²) in [6.45, 7) is 0. The number of halogens is 2. The van der Waals surface area contributed by atoms with Crippen molar-refractivity contribution >= 4 is 34.6 Å². The van der Waals surface area contributed by atoms with E-state index in [1.165, 1.54) is 29.3 Å². The Hall–Kier alpha value is -2.66. The van der Waals surface area contributed by atoms with Crippen LogP contribution < -0.4 is 5.43 Å². The van der Waals surface area contributed by atoms with Crippen LogP contribution in [0.15, 0.2) is 53.8 Å². The van der Waals surface area contributed by atoms with Gasteiger partial charge in [-0.25, -0.2) is 9.82 Å². The van der Waals surface area contributed by atoms with E-state index >= 15 is 0 Å². The smallest absolute Gasteiger partial charge is 0.240 e. The van der Waals surface area contributed by atoms with Gasteiger partial charge in [0.15, 0.2) is 0 Å². The molecule has 0 atom stereocenters. The molecule has 0 spiro atoms. The molecule has 0 bridgehead atoms. The van der Waals surface area contributed by atoms with E-state index in [0.717, 1.165) is 11.9 Å². The summed E-state index contributed by atoms with van der Waals surface area (Å²) in [6.07, 6.45) is 5.02. The van der Waals surface area contributed by atoms with Crippen LogP contribution in [0.1, 0.15) is 24.0 Å². The minimum Gasteiger partial charge on any atom is -0.361 e. The third-order valence-corrected chi connectivity index (χ3v) is 4.24. The Bertz CT molecular complexity index is 900. The maximum atomic E-state index is 13.6. The lowest BCUT2D eigenvalue weighted by Gasteiger charge is -2.02. The van der Waals surface area contributed by atoms with Gasteiger partial charge >= 0.3 is 0 Å². The van der Waals surface area contributed by atoms with Crippen LogP contribution in [0.25, 0.3) is 10.9 Å². The molecule has 0 radical (unpaired) electrons. The molecule has 1 aromatic heterocycles. The number of hydrogen-bond donors (Lipinski definition) is 2. The van der Waals surface area contributed by atoms with Crippen molar-refractivity contribution in [2.45, 2.75) is 19.3 Å². The summed E-state index contributed by atoms with van der Waals surface area (Å²) >= 11 is 5.89. The summed E-state index contributed by atoms with van der Waals surface area (Å²) in [7, 11) is 0. The molecule has 0 saturated heterocycles. The monoisotopic (exact) mass is 357 g/mol. The van der Waals surface area contributed by atoms with Crippen LogP contribution in [0, 0.1) is 5.82 Å². The number of carbonyl (C=O) groups is 1. The number of nitrogens with one attached hydrogen (secondary N) is 2. The van der Waals surface area contributed by atoms with Crippen molar-refractivity contribution in [3.63, 3.8) is 0 Å². The van der Waals surface area contributed by atoms with E-state index in [4.69, 9.17) is 11.6 Å². The highest BCUT2D eigenvalue weighted by Gasteiger charge is 2.06. The highest BCUT2D eigenvalue weighted by atomic mass is 35.5. The number of aromatic nitrogens is 1. The van der Waals surface area contributed by atoms with Crippen molar-refractivity contribution in [2.75, 3.05) is 0 Å². The molecule has 6 heteroatoms. The first-order valence-electron chi connectivity index (χ1n) is 7.96. The van der Waals surface area contributed by atoms with Crippen LogP contribution in [0.2, 0.25) is 5.02 Å². The number of carbonyl (C=O) groups excluding carboxylic acids is 1. The molecular formula is C19H17ClFN3O. The molecule has 0 unspecified atom stereocenters. The summed E-state index contributed by atoms with van der Waals surface area (Å²) in [5.74, 6) is -0.701. The Morgan fingerprint density at radius 3 is 2.92 bits per heavy atom. The van der Waals surface area contributed by atoms with Crippen molar-refractivity contribution in [3.8, 4) is 0 Å². The van der Waals surface area contributed by atoms with Gasteiger partial charge in [-0.3, -0.25) is 4.79 Å². The fraction of sp³-hybridized carbons (Fsp3) is 0.158. The van der Waals surface area contributed by atoms with E-state index in [-0.39, 0.29) is 16.5 Å². The third-order valence-electron chi connectivity index (χ3n) is 3.91. The van der Waals surface area contributed by atoms with Crippen molar-refractivity contribution in [3.05, 3.63) is 70.6 Å². The Balaban J connectivity index is 1.49. The number of rotatable bonds is 6. The fourth-order valence-corrected chi connectivity index (χ4v) is 2.85. The number of nitrogens with zero attached hydrogens (tertiary/aromatic N) is 1. The van der Waals surface area contributed by atoms with Crippen molar-refractivity contribution < 1.29 is 9.18 Å². The topological polar surface area (TPSA) is 57.2 Å². The van der Waals surface area contributed by atoms with Crippen LogP contribution in [0.5, 0.6) is 0 Å². The lowest BCUT2D eigenvalue weighted by Crippen LogP contribution is -2.17. The minimum absolute atomic E-state index is 0.156. The van der Waals surface area contributed by atoms with E-state index in [9.17, 15) is 9.18 Å².